The molecule has 12 nitrogen and oxygen atoms in total. The second-order valence-electron chi connectivity index (χ2n) is 8.50. The molecule has 0 fully saturated rings. The molecular weight excluding hydrogens is 560 g/mol. The predicted octanol–water partition coefficient (Wildman–Crippen LogP) is 1.94. The normalized spacial score (nSPS) is 13.2. The molecule has 40 heavy (non-hydrogen) atoms. The topological polar surface area (TPSA) is 192 Å². The van der Waals surface area contributed by atoms with Gasteiger partial charge in [-0.2, -0.15) is 27.0 Å². The first-order valence-electron chi connectivity index (χ1n) is 11.4. The lowest BCUT2D eigenvalue weighted by Crippen LogP contribution is -2.47. The van der Waals surface area contributed by atoms with E-state index in [0.717, 1.165) is 6.07 Å². The van der Waals surface area contributed by atoms with Crippen LogP contribution in [0.1, 0.15) is 0 Å². The minimum Gasteiger partial charge on any atom is -0.287 e. The predicted molar refractivity (Wildman–Crippen MR) is 147 cm³/mol. The average Bonchev–Trinajstić information content (AvgIpc) is 2.91. The van der Waals surface area contributed by atoms with Gasteiger partial charge in [0.1, 0.15) is 10.3 Å². The van der Waals surface area contributed by atoms with Crippen molar-refractivity contribution >= 4 is 53.2 Å². The first kappa shape index (κ1) is 26.8. The lowest BCUT2D eigenvalue weighted by Gasteiger charge is -2.08. The molecule has 0 spiro atoms. The minimum absolute atomic E-state index is 0.172. The van der Waals surface area contributed by atoms with E-state index in [4.69, 9.17) is 0 Å². The van der Waals surface area contributed by atoms with Gasteiger partial charge in [0.05, 0.1) is 16.3 Å². The number of hydrogen-bond donors (Lipinski definition) is 4. The van der Waals surface area contributed by atoms with Gasteiger partial charge in [0.25, 0.3) is 20.2 Å². The summed E-state index contributed by atoms with van der Waals surface area (Å²) in [7, 11) is -8.96. The number of hydrogen-bond acceptors (Lipinski definition) is 10. The standard InChI is InChI=1S/C26H18N4O8S2/c31-23-12-10-22(29-27-20-7-3-4-15-8-9-16(14-19(15)20)39(33,34)35)26(32)25(23)30-28-21-11-13-24(40(36,37)38)18-6-2-1-5-17(18)21/h1-14,27-28H,(H,33,34,35)(H,36,37,38)/b29-22-,30-25-. The zero-order valence-electron chi connectivity index (χ0n) is 20.1. The van der Waals surface area contributed by atoms with E-state index in [1.165, 1.54) is 42.5 Å². The van der Waals surface area contributed by atoms with E-state index in [2.05, 4.69) is 21.1 Å². The third-order valence-electron chi connectivity index (χ3n) is 5.97. The molecule has 5 aromatic rings. The van der Waals surface area contributed by atoms with E-state index in [1.54, 1.807) is 36.4 Å². The molecule has 0 radical (unpaired) electrons. The summed E-state index contributed by atoms with van der Waals surface area (Å²) in [5.41, 5.74) is 4.40. The van der Waals surface area contributed by atoms with Crippen molar-refractivity contribution in [2.45, 2.75) is 9.79 Å². The van der Waals surface area contributed by atoms with Crippen molar-refractivity contribution in [3.63, 3.8) is 0 Å². The number of nitrogens with one attached hydrogen (secondary N) is 2. The Bertz CT molecular complexity index is 2280. The second-order valence-corrected chi connectivity index (χ2v) is 11.3. The van der Waals surface area contributed by atoms with Crippen molar-refractivity contribution in [3.05, 3.63) is 116 Å². The molecule has 0 atom stereocenters. The molecule has 14 heteroatoms. The Balaban J connectivity index is 1.56. The Labute approximate surface area is 225 Å². The zero-order valence-corrected chi connectivity index (χ0v) is 21.8. The third kappa shape index (κ3) is 5.23. The Hall–Kier alpha value is -4.76. The van der Waals surface area contributed by atoms with Crippen LogP contribution in [0.3, 0.4) is 0 Å². The van der Waals surface area contributed by atoms with Crippen LogP contribution in [0, 0.1) is 0 Å². The number of anilines is 2. The molecule has 5 aromatic carbocycles. The van der Waals surface area contributed by atoms with Gasteiger partial charge in [-0.3, -0.25) is 29.5 Å². The monoisotopic (exact) mass is 578 g/mol. The highest BCUT2D eigenvalue weighted by Gasteiger charge is 2.16. The van der Waals surface area contributed by atoms with Crippen LogP contribution in [0.4, 0.5) is 11.4 Å². The van der Waals surface area contributed by atoms with E-state index in [9.17, 15) is 35.5 Å². The zero-order chi connectivity index (χ0) is 28.7. The molecule has 0 heterocycles. The third-order valence-corrected chi connectivity index (χ3v) is 7.73. The molecule has 0 amide bonds. The van der Waals surface area contributed by atoms with Gasteiger partial charge < -0.3 is 0 Å². The Kier molecular flexibility index (Phi) is 6.77. The molecule has 5 rings (SSSR count). The van der Waals surface area contributed by atoms with Gasteiger partial charge in [-0.25, -0.2) is 0 Å². The Morgan fingerprint density at radius 2 is 1.32 bits per heavy atom. The molecular formula is C26H18N4O8S2. The van der Waals surface area contributed by atoms with Gasteiger partial charge in [-0.1, -0.05) is 42.5 Å². The maximum absolute atomic E-state index is 13.0. The fourth-order valence-electron chi connectivity index (χ4n) is 4.08. The first-order valence-corrected chi connectivity index (χ1v) is 14.3. The van der Waals surface area contributed by atoms with Crippen molar-refractivity contribution in [1.82, 2.24) is 0 Å². The quantitative estimate of drug-likeness (QED) is 0.171. The van der Waals surface area contributed by atoms with Gasteiger partial charge in [0, 0.05) is 16.2 Å². The Morgan fingerprint density at radius 1 is 0.625 bits per heavy atom. The summed E-state index contributed by atoms with van der Waals surface area (Å²) < 4.78 is 65.5. The number of fused-ring (bicyclic) bond motifs is 2. The van der Waals surface area contributed by atoms with Crippen molar-refractivity contribution in [3.8, 4) is 0 Å². The van der Waals surface area contributed by atoms with Gasteiger partial charge in [-0.05, 0) is 47.9 Å². The molecule has 0 aromatic heterocycles. The summed E-state index contributed by atoms with van der Waals surface area (Å²) in [5.74, 6) is 0. The first-order chi connectivity index (χ1) is 18.9. The summed E-state index contributed by atoms with van der Waals surface area (Å²) in [6.07, 6.45) is 0. The minimum atomic E-state index is -4.51. The highest BCUT2D eigenvalue weighted by atomic mass is 32.2. The Morgan fingerprint density at radius 3 is 2.05 bits per heavy atom. The fraction of sp³-hybridized carbons (Fsp3) is 0. The van der Waals surface area contributed by atoms with Crippen molar-refractivity contribution in [1.29, 1.82) is 0 Å². The molecule has 0 saturated heterocycles. The molecule has 0 aliphatic heterocycles. The smallest absolute Gasteiger partial charge is 0.287 e. The summed E-state index contributed by atoms with van der Waals surface area (Å²) in [6, 6.07) is 20.1. The summed E-state index contributed by atoms with van der Waals surface area (Å²) in [5, 5.41) is 8.97. The molecule has 202 valence electrons. The van der Waals surface area contributed by atoms with E-state index in [1.807, 2.05) is 0 Å². The second kappa shape index (κ2) is 10.1. The van der Waals surface area contributed by atoms with Crippen LogP contribution in [-0.2, 0) is 20.2 Å². The van der Waals surface area contributed by atoms with Crippen LogP contribution in [0.25, 0.3) is 21.5 Å². The number of rotatable bonds is 6. The van der Waals surface area contributed by atoms with Crippen molar-refractivity contribution in [2.24, 2.45) is 10.2 Å². The van der Waals surface area contributed by atoms with Crippen LogP contribution < -0.4 is 32.4 Å². The number of nitrogens with zero attached hydrogens (tertiary/aromatic N) is 2. The molecule has 4 N–H and O–H groups in total. The maximum atomic E-state index is 13.0. The molecule has 0 aliphatic carbocycles. The van der Waals surface area contributed by atoms with Crippen LogP contribution in [0.2, 0.25) is 0 Å². The van der Waals surface area contributed by atoms with E-state index >= 15 is 0 Å². The maximum Gasteiger partial charge on any atom is 0.295 e. The fourth-order valence-corrected chi connectivity index (χ4v) is 5.28. The average molecular weight is 579 g/mol. The summed E-state index contributed by atoms with van der Waals surface area (Å²) in [4.78, 5) is 24.9. The molecule has 0 bridgehead atoms. The van der Waals surface area contributed by atoms with Gasteiger partial charge >= 0.3 is 0 Å². The van der Waals surface area contributed by atoms with Gasteiger partial charge in [-0.15, -0.1) is 0 Å². The summed E-state index contributed by atoms with van der Waals surface area (Å²) >= 11 is 0. The SMILES string of the molecule is O=c1cc/c(=N/Nc2cccc3ccc(S(=O)(=O)O)cc23)c(=O)/c1=N\Nc1ccc(S(=O)(=O)O)c2ccccc12. The van der Waals surface area contributed by atoms with E-state index in [-0.39, 0.29) is 26.2 Å². The van der Waals surface area contributed by atoms with Gasteiger partial charge in [0.15, 0.2) is 5.36 Å². The highest BCUT2D eigenvalue weighted by molar-refractivity contribution is 7.86. The number of benzene rings is 5. The van der Waals surface area contributed by atoms with Gasteiger partial charge in [0.2, 0.25) is 10.9 Å². The largest absolute Gasteiger partial charge is 0.295 e. The summed E-state index contributed by atoms with van der Waals surface area (Å²) in [6.45, 7) is 0. The molecule has 0 saturated carbocycles. The molecule has 0 aliphatic rings. The molecule has 0 unspecified atom stereocenters. The van der Waals surface area contributed by atoms with Crippen LogP contribution in [-0.4, -0.2) is 25.9 Å². The van der Waals surface area contributed by atoms with E-state index in [0.29, 0.717) is 21.8 Å². The lowest BCUT2D eigenvalue weighted by atomic mass is 10.1. The highest BCUT2D eigenvalue weighted by Crippen LogP contribution is 2.29. The van der Waals surface area contributed by atoms with Crippen LogP contribution in [0.15, 0.2) is 115 Å². The van der Waals surface area contributed by atoms with E-state index < -0.39 is 36.5 Å². The van der Waals surface area contributed by atoms with Crippen molar-refractivity contribution in [2.75, 3.05) is 10.9 Å². The lowest BCUT2D eigenvalue weighted by molar-refractivity contribution is 0.481. The van der Waals surface area contributed by atoms with Crippen LogP contribution >= 0.6 is 0 Å². The van der Waals surface area contributed by atoms with Crippen LogP contribution in [0.5, 0.6) is 0 Å². The van der Waals surface area contributed by atoms with Crippen molar-refractivity contribution < 1.29 is 25.9 Å².